The molecule has 4 nitrogen and oxygen atoms in total. The van der Waals surface area contributed by atoms with Gasteiger partial charge >= 0.3 is 0 Å². The maximum absolute atomic E-state index is 5.86. The Balaban J connectivity index is 1.71. The monoisotopic (exact) mass is 268 g/mol. The van der Waals surface area contributed by atoms with Crippen LogP contribution in [0, 0.1) is 0 Å². The largest absolute Gasteiger partial charge is 0.399 e. The zero-order valence-electron chi connectivity index (χ0n) is 11.6. The van der Waals surface area contributed by atoms with Crippen LogP contribution in [-0.2, 0) is 0 Å². The second-order valence-corrected chi connectivity index (χ2v) is 5.88. The first-order chi connectivity index (χ1) is 9.81. The Morgan fingerprint density at radius 1 is 1.15 bits per heavy atom. The molecule has 0 bridgehead atoms. The highest BCUT2D eigenvalue weighted by atomic mass is 15.3. The number of aromatic nitrogens is 1. The van der Waals surface area contributed by atoms with Crippen LogP contribution in [0.5, 0.6) is 0 Å². The molecule has 1 aromatic heterocycles. The molecule has 2 fully saturated rings. The van der Waals surface area contributed by atoms with Crippen LogP contribution in [0.4, 0.5) is 11.4 Å². The van der Waals surface area contributed by atoms with Gasteiger partial charge in [-0.1, -0.05) is 0 Å². The van der Waals surface area contributed by atoms with Crippen LogP contribution in [0.25, 0.3) is 10.9 Å². The molecule has 104 valence electrons. The van der Waals surface area contributed by atoms with E-state index in [4.69, 9.17) is 5.73 Å². The molecule has 2 N–H and O–H groups in total. The molecule has 2 saturated heterocycles. The van der Waals surface area contributed by atoms with Gasteiger partial charge in [-0.05, 0) is 43.7 Å². The fraction of sp³-hybridized carbons (Fsp3) is 0.438. The van der Waals surface area contributed by atoms with Crippen molar-refractivity contribution in [3.8, 4) is 0 Å². The Morgan fingerprint density at radius 3 is 3.05 bits per heavy atom. The summed E-state index contributed by atoms with van der Waals surface area (Å²) >= 11 is 0. The van der Waals surface area contributed by atoms with E-state index in [0.717, 1.165) is 30.3 Å². The highest BCUT2D eigenvalue weighted by Gasteiger charge is 2.30. The van der Waals surface area contributed by atoms with Gasteiger partial charge in [-0.15, -0.1) is 0 Å². The SMILES string of the molecule is Nc1ccc2c(N3CCN4CCCC4C3)ccnc2c1. The predicted molar refractivity (Wildman–Crippen MR) is 83.0 cm³/mol. The van der Waals surface area contributed by atoms with Gasteiger partial charge in [0, 0.05) is 48.6 Å². The summed E-state index contributed by atoms with van der Waals surface area (Å²) in [5, 5.41) is 1.22. The van der Waals surface area contributed by atoms with Crippen LogP contribution in [0.15, 0.2) is 30.5 Å². The van der Waals surface area contributed by atoms with Gasteiger partial charge in [-0.3, -0.25) is 9.88 Å². The molecule has 3 heterocycles. The number of nitrogens with two attached hydrogens (primary N) is 1. The van der Waals surface area contributed by atoms with Gasteiger partial charge < -0.3 is 10.6 Å². The maximum atomic E-state index is 5.86. The van der Waals surface area contributed by atoms with E-state index in [1.165, 1.54) is 37.0 Å². The Bertz CT molecular complexity index is 639. The highest BCUT2D eigenvalue weighted by Crippen LogP contribution is 2.30. The van der Waals surface area contributed by atoms with Gasteiger partial charge in [0.1, 0.15) is 0 Å². The lowest BCUT2D eigenvalue weighted by Crippen LogP contribution is -2.50. The summed E-state index contributed by atoms with van der Waals surface area (Å²) in [5.74, 6) is 0. The third kappa shape index (κ3) is 1.91. The summed E-state index contributed by atoms with van der Waals surface area (Å²) in [6.07, 6.45) is 4.59. The van der Waals surface area contributed by atoms with E-state index in [1.807, 2.05) is 18.3 Å². The number of nitrogens with zero attached hydrogens (tertiary/aromatic N) is 3. The lowest BCUT2D eigenvalue weighted by molar-refractivity contribution is 0.231. The molecular weight excluding hydrogens is 248 g/mol. The van der Waals surface area contributed by atoms with Gasteiger partial charge in [0.2, 0.25) is 0 Å². The first-order valence-corrected chi connectivity index (χ1v) is 7.44. The van der Waals surface area contributed by atoms with Crippen LogP contribution < -0.4 is 10.6 Å². The molecular formula is C16H20N4. The van der Waals surface area contributed by atoms with E-state index in [-0.39, 0.29) is 0 Å². The van der Waals surface area contributed by atoms with Crippen molar-refractivity contribution in [3.63, 3.8) is 0 Å². The van der Waals surface area contributed by atoms with Gasteiger partial charge in [-0.25, -0.2) is 0 Å². The molecule has 2 aliphatic rings. The van der Waals surface area contributed by atoms with E-state index in [1.54, 1.807) is 0 Å². The Labute approximate surface area is 119 Å². The van der Waals surface area contributed by atoms with Gasteiger partial charge in [-0.2, -0.15) is 0 Å². The number of anilines is 2. The zero-order valence-corrected chi connectivity index (χ0v) is 11.6. The third-order valence-electron chi connectivity index (χ3n) is 4.67. The van der Waals surface area contributed by atoms with Crippen molar-refractivity contribution in [3.05, 3.63) is 30.5 Å². The van der Waals surface area contributed by atoms with Crippen molar-refractivity contribution >= 4 is 22.3 Å². The Morgan fingerprint density at radius 2 is 2.10 bits per heavy atom. The predicted octanol–water partition coefficient (Wildman–Crippen LogP) is 2.10. The molecule has 20 heavy (non-hydrogen) atoms. The van der Waals surface area contributed by atoms with Crippen molar-refractivity contribution in [2.24, 2.45) is 0 Å². The number of hydrogen-bond acceptors (Lipinski definition) is 4. The second kappa shape index (κ2) is 4.63. The number of nitrogen functional groups attached to an aromatic ring is 1. The normalized spacial score (nSPS) is 23.2. The Kier molecular flexibility index (Phi) is 2.77. The minimum atomic E-state index is 0.737. The lowest BCUT2D eigenvalue weighted by atomic mass is 10.1. The third-order valence-corrected chi connectivity index (χ3v) is 4.67. The molecule has 2 aromatic rings. The molecule has 0 spiro atoms. The fourth-order valence-electron chi connectivity index (χ4n) is 3.64. The molecule has 4 heteroatoms. The van der Waals surface area contributed by atoms with Crippen LogP contribution in [0.3, 0.4) is 0 Å². The zero-order chi connectivity index (χ0) is 13.5. The summed E-state index contributed by atoms with van der Waals surface area (Å²) in [6.45, 7) is 4.72. The van der Waals surface area contributed by atoms with E-state index in [0.29, 0.717) is 0 Å². The van der Waals surface area contributed by atoms with E-state index in [9.17, 15) is 0 Å². The summed E-state index contributed by atoms with van der Waals surface area (Å²) in [6, 6.07) is 8.92. The number of hydrogen-bond donors (Lipinski definition) is 1. The number of piperazine rings is 1. The smallest absolute Gasteiger partial charge is 0.0743 e. The van der Waals surface area contributed by atoms with Crippen LogP contribution in [-0.4, -0.2) is 42.1 Å². The van der Waals surface area contributed by atoms with Crippen molar-refractivity contribution < 1.29 is 0 Å². The lowest BCUT2D eigenvalue weighted by Gasteiger charge is -2.39. The van der Waals surface area contributed by atoms with Crippen LogP contribution >= 0.6 is 0 Å². The quantitative estimate of drug-likeness (QED) is 0.805. The van der Waals surface area contributed by atoms with Crippen molar-refractivity contribution in [1.29, 1.82) is 0 Å². The average molecular weight is 268 g/mol. The van der Waals surface area contributed by atoms with Crippen molar-refractivity contribution in [2.45, 2.75) is 18.9 Å². The number of rotatable bonds is 1. The van der Waals surface area contributed by atoms with Gasteiger partial charge in [0.05, 0.1) is 5.52 Å². The fourth-order valence-corrected chi connectivity index (χ4v) is 3.64. The van der Waals surface area contributed by atoms with E-state index >= 15 is 0 Å². The molecule has 4 rings (SSSR count). The molecule has 1 aromatic carbocycles. The first kappa shape index (κ1) is 12.0. The summed E-state index contributed by atoms with van der Waals surface area (Å²) in [7, 11) is 0. The topological polar surface area (TPSA) is 45.4 Å². The van der Waals surface area contributed by atoms with Crippen LogP contribution in [0.2, 0.25) is 0 Å². The molecule has 0 aliphatic carbocycles. The van der Waals surface area contributed by atoms with Gasteiger partial charge in [0.25, 0.3) is 0 Å². The average Bonchev–Trinajstić information content (AvgIpc) is 2.93. The summed E-state index contributed by atoms with van der Waals surface area (Å²) < 4.78 is 0. The number of fused-ring (bicyclic) bond motifs is 2. The van der Waals surface area contributed by atoms with Crippen LogP contribution in [0.1, 0.15) is 12.8 Å². The molecule has 0 radical (unpaired) electrons. The minimum Gasteiger partial charge on any atom is -0.399 e. The molecule has 1 unspecified atom stereocenters. The summed E-state index contributed by atoms with van der Waals surface area (Å²) in [4.78, 5) is 9.60. The number of pyridine rings is 1. The maximum Gasteiger partial charge on any atom is 0.0743 e. The van der Waals surface area contributed by atoms with Gasteiger partial charge in [0.15, 0.2) is 0 Å². The van der Waals surface area contributed by atoms with Crippen molar-refractivity contribution in [1.82, 2.24) is 9.88 Å². The molecule has 1 atom stereocenters. The Hall–Kier alpha value is -1.81. The van der Waals surface area contributed by atoms with E-state index < -0.39 is 0 Å². The second-order valence-electron chi connectivity index (χ2n) is 5.88. The standard InChI is InChI=1S/C16H20N4/c17-12-3-4-14-15(10-12)18-6-5-16(14)20-9-8-19-7-1-2-13(19)11-20/h3-6,10,13H,1-2,7-9,11,17H2. The number of benzene rings is 1. The highest BCUT2D eigenvalue weighted by molar-refractivity contribution is 5.93. The first-order valence-electron chi connectivity index (χ1n) is 7.44. The molecule has 2 aliphatic heterocycles. The minimum absolute atomic E-state index is 0.737. The summed E-state index contributed by atoms with van der Waals surface area (Å²) in [5.41, 5.74) is 8.95. The van der Waals surface area contributed by atoms with E-state index in [2.05, 4.69) is 26.9 Å². The molecule has 0 saturated carbocycles. The van der Waals surface area contributed by atoms with Crippen molar-refractivity contribution in [2.75, 3.05) is 36.8 Å². The molecule has 0 amide bonds.